The van der Waals surface area contributed by atoms with E-state index in [9.17, 15) is 0 Å². The Labute approximate surface area is 163 Å². The first-order valence-electron chi connectivity index (χ1n) is 10.1. The molecule has 0 saturated carbocycles. The molecule has 0 aliphatic carbocycles. The maximum Gasteiger partial charge on any atom is 0.191 e. The van der Waals surface area contributed by atoms with Gasteiger partial charge in [0.1, 0.15) is 5.75 Å². The lowest BCUT2D eigenvalue weighted by molar-refractivity contribution is 0.0171. The van der Waals surface area contributed by atoms with Gasteiger partial charge in [0, 0.05) is 32.8 Å². The monoisotopic (exact) mass is 377 g/mol. The predicted molar refractivity (Wildman–Crippen MR) is 110 cm³/mol. The molecule has 0 spiro atoms. The fourth-order valence-electron chi connectivity index (χ4n) is 3.03. The Kier molecular flexibility index (Phi) is 10.0. The lowest BCUT2D eigenvalue weighted by atomic mass is 10.1. The zero-order chi connectivity index (χ0) is 19.3. The van der Waals surface area contributed by atoms with Gasteiger partial charge in [0.15, 0.2) is 5.96 Å². The maximum atomic E-state index is 5.68. The Bertz CT molecular complexity index is 572. The molecule has 2 N–H and O–H groups in total. The van der Waals surface area contributed by atoms with E-state index in [4.69, 9.17) is 14.2 Å². The topological polar surface area (TPSA) is 64.1 Å². The number of hydrogen-bond acceptors (Lipinski definition) is 4. The molecular weight excluding hydrogens is 342 g/mol. The van der Waals surface area contributed by atoms with Crippen molar-refractivity contribution in [3.63, 3.8) is 0 Å². The van der Waals surface area contributed by atoms with E-state index in [-0.39, 0.29) is 0 Å². The SMILES string of the molecule is CCNC(=NCCCOCC1CCCO1)NCCc1ccc(C)c(OC)c1. The Morgan fingerprint density at radius 2 is 2.22 bits per heavy atom. The van der Waals surface area contributed by atoms with Gasteiger partial charge in [0.05, 0.1) is 19.8 Å². The Morgan fingerprint density at radius 1 is 1.33 bits per heavy atom. The highest BCUT2D eigenvalue weighted by atomic mass is 16.5. The van der Waals surface area contributed by atoms with Crippen molar-refractivity contribution in [1.29, 1.82) is 0 Å². The highest BCUT2D eigenvalue weighted by molar-refractivity contribution is 5.79. The predicted octanol–water partition coefficient (Wildman–Crippen LogP) is 2.69. The third-order valence-corrected chi connectivity index (χ3v) is 4.57. The molecule has 6 nitrogen and oxygen atoms in total. The van der Waals surface area contributed by atoms with Gasteiger partial charge in [-0.2, -0.15) is 0 Å². The number of aryl methyl sites for hydroxylation is 1. The molecule has 6 heteroatoms. The van der Waals surface area contributed by atoms with Crippen molar-refractivity contribution in [2.24, 2.45) is 4.99 Å². The van der Waals surface area contributed by atoms with Crippen LogP contribution in [-0.2, 0) is 15.9 Å². The van der Waals surface area contributed by atoms with E-state index in [1.165, 1.54) is 5.56 Å². The second-order valence-electron chi connectivity index (χ2n) is 6.80. The molecule has 0 radical (unpaired) electrons. The minimum Gasteiger partial charge on any atom is -0.496 e. The summed E-state index contributed by atoms with van der Waals surface area (Å²) in [6.07, 6.45) is 4.42. The van der Waals surface area contributed by atoms with Crippen LogP contribution in [0.4, 0.5) is 0 Å². The van der Waals surface area contributed by atoms with Crippen LogP contribution in [0.5, 0.6) is 5.75 Å². The van der Waals surface area contributed by atoms with Crippen molar-refractivity contribution in [2.45, 2.75) is 45.6 Å². The van der Waals surface area contributed by atoms with E-state index in [1.807, 2.05) is 0 Å². The van der Waals surface area contributed by atoms with Crippen molar-refractivity contribution in [1.82, 2.24) is 10.6 Å². The van der Waals surface area contributed by atoms with Crippen LogP contribution in [0, 0.1) is 6.92 Å². The zero-order valence-electron chi connectivity index (χ0n) is 17.1. The second-order valence-corrected chi connectivity index (χ2v) is 6.80. The Hall–Kier alpha value is -1.79. The van der Waals surface area contributed by atoms with Crippen LogP contribution in [0.1, 0.15) is 37.3 Å². The van der Waals surface area contributed by atoms with Crippen molar-refractivity contribution in [3.8, 4) is 5.75 Å². The molecule has 0 aromatic heterocycles. The summed E-state index contributed by atoms with van der Waals surface area (Å²) >= 11 is 0. The Balaban J connectivity index is 1.65. The lowest BCUT2D eigenvalue weighted by Gasteiger charge is -2.12. The van der Waals surface area contributed by atoms with E-state index in [2.05, 4.69) is 47.7 Å². The highest BCUT2D eigenvalue weighted by Crippen LogP contribution is 2.19. The summed E-state index contributed by atoms with van der Waals surface area (Å²) in [5.74, 6) is 1.80. The van der Waals surface area contributed by atoms with Crippen molar-refractivity contribution in [3.05, 3.63) is 29.3 Å². The number of guanidine groups is 1. The largest absolute Gasteiger partial charge is 0.496 e. The van der Waals surface area contributed by atoms with Crippen LogP contribution >= 0.6 is 0 Å². The van der Waals surface area contributed by atoms with Gasteiger partial charge in [-0.15, -0.1) is 0 Å². The smallest absolute Gasteiger partial charge is 0.191 e. The maximum absolute atomic E-state index is 5.68. The second kappa shape index (κ2) is 12.6. The van der Waals surface area contributed by atoms with Crippen LogP contribution in [0.25, 0.3) is 0 Å². The van der Waals surface area contributed by atoms with Gasteiger partial charge in [0.2, 0.25) is 0 Å². The molecule has 2 rings (SSSR count). The molecule has 1 saturated heterocycles. The third-order valence-electron chi connectivity index (χ3n) is 4.57. The molecule has 152 valence electrons. The summed E-state index contributed by atoms with van der Waals surface area (Å²) in [5.41, 5.74) is 2.41. The van der Waals surface area contributed by atoms with E-state index < -0.39 is 0 Å². The standard InChI is InChI=1S/C21H35N3O3/c1-4-22-21(23-11-6-13-26-16-19-7-5-14-27-19)24-12-10-18-9-8-17(2)20(15-18)25-3/h8-9,15,19H,4-7,10-14,16H2,1-3H3,(H2,22,23,24). The van der Waals surface area contributed by atoms with E-state index in [0.29, 0.717) is 12.7 Å². The first-order chi connectivity index (χ1) is 13.2. The minimum atomic E-state index is 0.299. The summed E-state index contributed by atoms with van der Waals surface area (Å²) in [6, 6.07) is 6.35. The molecule has 1 fully saturated rings. The van der Waals surface area contributed by atoms with Gasteiger partial charge in [-0.25, -0.2) is 0 Å². The molecule has 0 bridgehead atoms. The number of methoxy groups -OCH3 is 1. The molecule has 1 aliphatic heterocycles. The van der Waals surface area contributed by atoms with Gasteiger partial charge in [-0.1, -0.05) is 12.1 Å². The quantitative estimate of drug-likeness (QED) is 0.353. The summed E-state index contributed by atoms with van der Waals surface area (Å²) < 4.78 is 16.6. The molecule has 1 aromatic carbocycles. The summed E-state index contributed by atoms with van der Waals surface area (Å²) in [7, 11) is 1.71. The van der Waals surface area contributed by atoms with Gasteiger partial charge in [-0.3, -0.25) is 4.99 Å². The molecule has 1 atom stereocenters. The van der Waals surface area contributed by atoms with Gasteiger partial charge in [0.25, 0.3) is 0 Å². The fraction of sp³-hybridized carbons (Fsp3) is 0.667. The lowest BCUT2D eigenvalue weighted by Crippen LogP contribution is -2.38. The normalized spacial score (nSPS) is 17.1. The fourth-order valence-corrected chi connectivity index (χ4v) is 3.03. The third kappa shape index (κ3) is 8.18. The first-order valence-corrected chi connectivity index (χ1v) is 10.1. The van der Waals surface area contributed by atoms with Crippen LogP contribution in [-0.4, -0.2) is 58.6 Å². The van der Waals surface area contributed by atoms with Crippen molar-refractivity contribution in [2.75, 3.05) is 46.6 Å². The van der Waals surface area contributed by atoms with Crippen LogP contribution in [0.15, 0.2) is 23.2 Å². The van der Waals surface area contributed by atoms with Crippen molar-refractivity contribution < 1.29 is 14.2 Å². The average Bonchev–Trinajstić information content (AvgIpc) is 3.19. The number of aliphatic imine (C=N–C) groups is 1. The van der Waals surface area contributed by atoms with Crippen LogP contribution in [0.2, 0.25) is 0 Å². The molecule has 0 amide bonds. The van der Waals surface area contributed by atoms with Crippen molar-refractivity contribution >= 4 is 5.96 Å². The summed E-state index contributed by atoms with van der Waals surface area (Å²) in [5, 5.41) is 6.68. The zero-order valence-corrected chi connectivity index (χ0v) is 17.1. The molecule has 1 unspecified atom stereocenters. The number of nitrogens with one attached hydrogen (secondary N) is 2. The van der Waals surface area contributed by atoms with Crippen LogP contribution < -0.4 is 15.4 Å². The highest BCUT2D eigenvalue weighted by Gasteiger charge is 2.14. The molecule has 1 heterocycles. The first kappa shape index (κ1) is 21.5. The number of ether oxygens (including phenoxy) is 3. The number of benzene rings is 1. The minimum absolute atomic E-state index is 0.299. The molecule has 27 heavy (non-hydrogen) atoms. The Morgan fingerprint density at radius 3 is 2.96 bits per heavy atom. The number of rotatable bonds is 11. The molecular formula is C21H35N3O3. The average molecular weight is 378 g/mol. The van der Waals surface area contributed by atoms with E-state index in [1.54, 1.807) is 7.11 Å². The number of hydrogen-bond donors (Lipinski definition) is 2. The van der Waals surface area contributed by atoms with Gasteiger partial charge < -0.3 is 24.8 Å². The molecule has 1 aliphatic rings. The van der Waals surface area contributed by atoms with Gasteiger partial charge >= 0.3 is 0 Å². The number of nitrogens with zero attached hydrogens (tertiary/aromatic N) is 1. The summed E-state index contributed by atoms with van der Waals surface area (Å²) in [4.78, 5) is 4.62. The summed E-state index contributed by atoms with van der Waals surface area (Å²) in [6.45, 7) is 8.87. The van der Waals surface area contributed by atoms with Crippen LogP contribution in [0.3, 0.4) is 0 Å². The van der Waals surface area contributed by atoms with E-state index >= 15 is 0 Å². The van der Waals surface area contributed by atoms with Gasteiger partial charge in [-0.05, 0) is 56.7 Å². The molecule has 1 aromatic rings. The van der Waals surface area contributed by atoms with E-state index in [0.717, 1.165) is 75.8 Å².